The fraction of sp³-hybridized carbons (Fsp3) is 0.316. The molecule has 0 radical (unpaired) electrons. The molecule has 8 nitrogen and oxygen atoms in total. The molecule has 0 N–H and O–H groups in total. The summed E-state index contributed by atoms with van der Waals surface area (Å²) >= 11 is 6.18. The number of carbonyl (C=O) groups is 1. The third-order valence-electron chi connectivity index (χ3n) is 4.08. The quantitative estimate of drug-likeness (QED) is 0.316. The first-order chi connectivity index (χ1) is 13.8. The highest BCUT2D eigenvalue weighted by molar-refractivity contribution is 7.89. The monoisotopic (exact) mass is 440 g/mol. The zero-order chi connectivity index (χ0) is 21.4. The highest BCUT2D eigenvalue weighted by Crippen LogP contribution is 2.24. The summed E-state index contributed by atoms with van der Waals surface area (Å²) in [6, 6.07) is 11.5. The number of nitro benzene ring substituents is 1. The van der Waals surface area contributed by atoms with Gasteiger partial charge in [0, 0.05) is 36.7 Å². The topological polar surface area (TPSA) is 107 Å². The lowest BCUT2D eigenvalue weighted by molar-refractivity contribution is -0.384. The Bertz CT molecular complexity index is 963. The van der Waals surface area contributed by atoms with Gasteiger partial charge in [-0.3, -0.25) is 14.9 Å². The maximum atomic E-state index is 13.1. The number of nitrogens with zero attached hydrogens (tertiary/aromatic N) is 2. The number of ether oxygens (including phenoxy) is 1. The molecule has 0 unspecified atom stereocenters. The highest BCUT2D eigenvalue weighted by atomic mass is 35.5. The Morgan fingerprint density at radius 1 is 1.17 bits per heavy atom. The summed E-state index contributed by atoms with van der Waals surface area (Å²) in [4.78, 5) is 21.7. The maximum absolute atomic E-state index is 13.1. The van der Waals surface area contributed by atoms with Crippen LogP contribution in [0.1, 0.15) is 25.3 Å². The Kier molecular flexibility index (Phi) is 8.12. The number of benzene rings is 2. The van der Waals surface area contributed by atoms with Crippen molar-refractivity contribution in [2.45, 2.75) is 31.2 Å². The molecule has 156 valence electrons. The van der Waals surface area contributed by atoms with Gasteiger partial charge in [-0.25, -0.2) is 8.42 Å². The van der Waals surface area contributed by atoms with Crippen molar-refractivity contribution in [3.05, 3.63) is 69.2 Å². The van der Waals surface area contributed by atoms with Crippen molar-refractivity contribution >= 4 is 33.3 Å². The number of hydrogen-bond donors (Lipinski definition) is 0. The van der Waals surface area contributed by atoms with Crippen LogP contribution in [0.15, 0.2) is 53.4 Å². The van der Waals surface area contributed by atoms with E-state index in [1.165, 1.54) is 16.4 Å². The van der Waals surface area contributed by atoms with Gasteiger partial charge < -0.3 is 4.74 Å². The van der Waals surface area contributed by atoms with Crippen LogP contribution in [0.25, 0.3) is 0 Å². The van der Waals surface area contributed by atoms with Gasteiger partial charge in [0.05, 0.1) is 16.4 Å². The van der Waals surface area contributed by atoms with E-state index in [1.54, 1.807) is 31.2 Å². The fourth-order valence-corrected chi connectivity index (χ4v) is 4.27. The Morgan fingerprint density at radius 3 is 2.41 bits per heavy atom. The van der Waals surface area contributed by atoms with Crippen LogP contribution in [0.4, 0.5) is 5.69 Å². The molecule has 0 saturated heterocycles. The molecular weight excluding hydrogens is 420 g/mol. The van der Waals surface area contributed by atoms with Gasteiger partial charge in [0.2, 0.25) is 10.0 Å². The van der Waals surface area contributed by atoms with Crippen LogP contribution in [0.5, 0.6) is 0 Å². The molecule has 0 amide bonds. The molecule has 2 aromatic carbocycles. The van der Waals surface area contributed by atoms with Gasteiger partial charge in [0.25, 0.3) is 5.69 Å². The lowest BCUT2D eigenvalue weighted by atomic mass is 10.2. The predicted octanol–water partition coefficient (Wildman–Crippen LogP) is 3.78. The number of hydrogen-bond acceptors (Lipinski definition) is 6. The average molecular weight is 441 g/mol. The van der Waals surface area contributed by atoms with E-state index in [2.05, 4.69) is 0 Å². The second-order valence-corrected chi connectivity index (χ2v) is 8.43. The SMILES string of the molecule is CCOC(=O)CCCN(Cc1ccccc1Cl)S(=O)(=O)c1ccc([N+](=O)[O-])cc1. The first kappa shape index (κ1) is 22.8. The molecule has 0 aliphatic rings. The summed E-state index contributed by atoms with van der Waals surface area (Å²) in [5.74, 6) is -0.405. The van der Waals surface area contributed by atoms with Crippen molar-refractivity contribution < 1.29 is 22.9 Å². The lowest BCUT2D eigenvalue weighted by Crippen LogP contribution is -2.32. The van der Waals surface area contributed by atoms with Crippen molar-refractivity contribution in [1.29, 1.82) is 0 Å². The summed E-state index contributed by atoms with van der Waals surface area (Å²) < 4.78 is 32.3. The molecule has 0 fully saturated rings. The van der Waals surface area contributed by atoms with Crippen molar-refractivity contribution in [3.63, 3.8) is 0 Å². The second kappa shape index (κ2) is 10.3. The van der Waals surface area contributed by atoms with E-state index in [0.717, 1.165) is 12.1 Å². The molecule has 2 aromatic rings. The molecule has 0 aliphatic heterocycles. The number of halogens is 1. The molecule has 0 saturated carbocycles. The molecule has 10 heteroatoms. The third kappa shape index (κ3) is 6.25. The number of non-ortho nitro benzene ring substituents is 1. The van der Waals surface area contributed by atoms with Crippen molar-refractivity contribution in [2.75, 3.05) is 13.2 Å². The molecule has 0 bridgehead atoms. The molecule has 0 aliphatic carbocycles. The van der Waals surface area contributed by atoms with Crippen LogP contribution in [0.3, 0.4) is 0 Å². The Morgan fingerprint density at radius 2 is 1.83 bits per heavy atom. The van der Waals surface area contributed by atoms with Gasteiger partial charge in [-0.15, -0.1) is 0 Å². The first-order valence-corrected chi connectivity index (χ1v) is 10.7. The molecule has 0 aromatic heterocycles. The van der Waals surface area contributed by atoms with Crippen LogP contribution in [0.2, 0.25) is 5.02 Å². The Balaban J connectivity index is 2.27. The summed E-state index contributed by atoms with van der Waals surface area (Å²) in [5, 5.41) is 11.2. The normalized spacial score (nSPS) is 11.4. The largest absolute Gasteiger partial charge is 0.466 e. The first-order valence-electron chi connectivity index (χ1n) is 8.89. The lowest BCUT2D eigenvalue weighted by Gasteiger charge is -2.22. The van der Waals surface area contributed by atoms with E-state index >= 15 is 0 Å². The molecule has 29 heavy (non-hydrogen) atoms. The minimum absolute atomic E-state index is 0.00181. The van der Waals surface area contributed by atoms with Crippen molar-refractivity contribution in [3.8, 4) is 0 Å². The average Bonchev–Trinajstić information content (AvgIpc) is 2.69. The molecule has 0 spiro atoms. The van der Waals surface area contributed by atoms with E-state index in [1.807, 2.05) is 0 Å². The number of esters is 1. The van der Waals surface area contributed by atoms with Gasteiger partial charge in [-0.1, -0.05) is 29.8 Å². The molecule has 2 rings (SSSR count). The van der Waals surface area contributed by atoms with E-state index < -0.39 is 20.9 Å². The molecular formula is C19H21ClN2O6S. The third-order valence-corrected chi connectivity index (χ3v) is 6.31. The Labute approximate surface area is 174 Å². The standard InChI is InChI=1S/C19H21ClN2O6S/c1-2-28-19(23)8-5-13-21(14-15-6-3-4-7-18(15)20)29(26,27)17-11-9-16(10-12-17)22(24)25/h3-4,6-7,9-12H,2,5,8,13-14H2,1H3. The Hall–Kier alpha value is -2.49. The zero-order valence-corrected chi connectivity index (χ0v) is 17.4. The summed E-state index contributed by atoms with van der Waals surface area (Å²) in [6.07, 6.45) is 0.331. The predicted molar refractivity (Wildman–Crippen MR) is 108 cm³/mol. The fourth-order valence-electron chi connectivity index (χ4n) is 2.62. The van der Waals surface area contributed by atoms with E-state index in [0.29, 0.717) is 10.6 Å². The van der Waals surface area contributed by atoms with Gasteiger partial charge in [0.15, 0.2) is 0 Å². The minimum Gasteiger partial charge on any atom is -0.466 e. The van der Waals surface area contributed by atoms with Gasteiger partial charge in [-0.2, -0.15) is 4.31 Å². The zero-order valence-electron chi connectivity index (χ0n) is 15.8. The number of rotatable bonds is 10. The van der Waals surface area contributed by atoms with E-state index in [9.17, 15) is 23.3 Å². The summed E-state index contributed by atoms with van der Waals surface area (Å²) in [6.45, 7) is 2.01. The minimum atomic E-state index is -3.97. The number of carbonyl (C=O) groups excluding carboxylic acids is 1. The number of sulfonamides is 1. The number of nitro groups is 1. The van der Waals surface area contributed by atoms with Crippen LogP contribution in [0, 0.1) is 10.1 Å². The molecule has 0 atom stereocenters. The van der Waals surface area contributed by atoms with Crippen LogP contribution in [-0.4, -0.2) is 36.8 Å². The second-order valence-electron chi connectivity index (χ2n) is 6.09. The van der Waals surface area contributed by atoms with Crippen molar-refractivity contribution in [1.82, 2.24) is 4.31 Å². The molecule has 0 heterocycles. The van der Waals surface area contributed by atoms with E-state index in [4.69, 9.17) is 16.3 Å². The summed E-state index contributed by atoms with van der Waals surface area (Å²) in [5.41, 5.74) is 0.403. The van der Waals surface area contributed by atoms with Crippen LogP contribution >= 0.6 is 11.6 Å². The van der Waals surface area contributed by atoms with Crippen molar-refractivity contribution in [2.24, 2.45) is 0 Å². The van der Waals surface area contributed by atoms with Crippen LogP contribution < -0.4 is 0 Å². The van der Waals surface area contributed by atoms with E-state index in [-0.39, 0.29) is 43.1 Å². The maximum Gasteiger partial charge on any atom is 0.305 e. The van der Waals surface area contributed by atoms with Gasteiger partial charge >= 0.3 is 5.97 Å². The van der Waals surface area contributed by atoms with Crippen LogP contribution in [-0.2, 0) is 26.1 Å². The summed E-state index contributed by atoms with van der Waals surface area (Å²) in [7, 11) is -3.97. The van der Waals surface area contributed by atoms with Gasteiger partial charge in [0.1, 0.15) is 0 Å². The smallest absolute Gasteiger partial charge is 0.305 e. The van der Waals surface area contributed by atoms with Gasteiger partial charge in [-0.05, 0) is 37.1 Å². The highest BCUT2D eigenvalue weighted by Gasteiger charge is 2.26.